The number of hydrogen-bond acceptors (Lipinski definition) is 4. The molecule has 0 radical (unpaired) electrons. The summed E-state index contributed by atoms with van der Waals surface area (Å²) in [5.74, 6) is 1.11. The van der Waals surface area contributed by atoms with Crippen LogP contribution < -0.4 is 5.73 Å². The minimum atomic E-state index is -0.712. The van der Waals surface area contributed by atoms with Gasteiger partial charge in [-0.05, 0) is 6.92 Å². The fourth-order valence-corrected chi connectivity index (χ4v) is 1.32. The molecule has 0 aromatic carbocycles. The number of aliphatic hydroxyl groups excluding tert-OH is 1. The lowest BCUT2D eigenvalue weighted by molar-refractivity contribution is 0.175. The Bertz CT molecular complexity index is 281. The Labute approximate surface area is 77.7 Å². The number of aliphatic hydroxyl groups is 1. The molecule has 1 aromatic heterocycles. The number of aromatic nitrogens is 1. The molecule has 0 fully saturated rings. The van der Waals surface area contributed by atoms with E-state index in [1.54, 1.807) is 0 Å². The minimum absolute atomic E-state index is 0.172. The Hall–Kier alpha value is -0.870. The van der Waals surface area contributed by atoms with Crippen LogP contribution in [0.1, 0.15) is 42.9 Å². The van der Waals surface area contributed by atoms with E-state index in [9.17, 15) is 5.11 Å². The van der Waals surface area contributed by atoms with E-state index in [0.717, 1.165) is 11.3 Å². The second kappa shape index (κ2) is 3.89. The average molecular weight is 184 g/mol. The molecule has 4 heteroatoms. The van der Waals surface area contributed by atoms with Gasteiger partial charge >= 0.3 is 0 Å². The first kappa shape index (κ1) is 10.2. The molecule has 0 aliphatic heterocycles. The molecule has 74 valence electrons. The van der Waals surface area contributed by atoms with E-state index >= 15 is 0 Å². The van der Waals surface area contributed by atoms with E-state index < -0.39 is 6.10 Å². The van der Waals surface area contributed by atoms with E-state index in [-0.39, 0.29) is 12.5 Å². The SMILES string of the molecule is Cc1c(C(O)CN)noc1C(C)C. The number of nitrogens with zero attached hydrogens (tertiary/aromatic N) is 1. The van der Waals surface area contributed by atoms with Gasteiger partial charge in [-0.15, -0.1) is 0 Å². The molecule has 1 unspecified atom stereocenters. The van der Waals surface area contributed by atoms with Crippen LogP contribution in [0.25, 0.3) is 0 Å². The van der Waals surface area contributed by atoms with E-state index in [1.807, 2.05) is 20.8 Å². The zero-order chi connectivity index (χ0) is 10.0. The molecule has 1 atom stereocenters. The highest BCUT2D eigenvalue weighted by Gasteiger charge is 2.19. The first-order valence-corrected chi connectivity index (χ1v) is 4.42. The maximum absolute atomic E-state index is 9.46. The van der Waals surface area contributed by atoms with Gasteiger partial charge < -0.3 is 15.4 Å². The second-order valence-electron chi connectivity index (χ2n) is 3.46. The van der Waals surface area contributed by atoms with Crippen molar-refractivity contribution < 1.29 is 9.63 Å². The van der Waals surface area contributed by atoms with Crippen LogP contribution in [0.15, 0.2) is 4.52 Å². The van der Waals surface area contributed by atoms with Crippen LogP contribution in [-0.2, 0) is 0 Å². The lowest BCUT2D eigenvalue weighted by Crippen LogP contribution is -2.12. The van der Waals surface area contributed by atoms with E-state index in [1.165, 1.54) is 0 Å². The molecule has 13 heavy (non-hydrogen) atoms. The van der Waals surface area contributed by atoms with Gasteiger partial charge in [0.25, 0.3) is 0 Å². The van der Waals surface area contributed by atoms with Gasteiger partial charge in [0.1, 0.15) is 17.6 Å². The van der Waals surface area contributed by atoms with E-state index in [2.05, 4.69) is 5.16 Å². The largest absolute Gasteiger partial charge is 0.385 e. The quantitative estimate of drug-likeness (QED) is 0.737. The highest BCUT2D eigenvalue weighted by molar-refractivity contribution is 5.25. The zero-order valence-electron chi connectivity index (χ0n) is 8.24. The molecule has 4 nitrogen and oxygen atoms in total. The molecule has 3 N–H and O–H groups in total. The lowest BCUT2D eigenvalue weighted by atomic mass is 10.0. The van der Waals surface area contributed by atoms with Crippen LogP contribution in [0.5, 0.6) is 0 Å². The van der Waals surface area contributed by atoms with Gasteiger partial charge in [-0.1, -0.05) is 19.0 Å². The summed E-state index contributed by atoms with van der Waals surface area (Å²) in [5, 5.41) is 13.3. The van der Waals surface area contributed by atoms with Crippen molar-refractivity contribution >= 4 is 0 Å². The summed E-state index contributed by atoms with van der Waals surface area (Å²) in [6, 6.07) is 0. The van der Waals surface area contributed by atoms with Crippen LogP contribution in [0, 0.1) is 6.92 Å². The first-order chi connectivity index (χ1) is 6.07. The van der Waals surface area contributed by atoms with Crippen LogP contribution in [0.2, 0.25) is 0 Å². The van der Waals surface area contributed by atoms with Gasteiger partial charge in [0.2, 0.25) is 0 Å². The van der Waals surface area contributed by atoms with Gasteiger partial charge in [0, 0.05) is 18.0 Å². The van der Waals surface area contributed by atoms with Gasteiger partial charge in [-0.3, -0.25) is 0 Å². The Morgan fingerprint density at radius 2 is 2.15 bits per heavy atom. The molecule has 1 heterocycles. The molecule has 0 bridgehead atoms. The Morgan fingerprint density at radius 3 is 2.54 bits per heavy atom. The lowest BCUT2D eigenvalue weighted by Gasteiger charge is -2.04. The topological polar surface area (TPSA) is 72.3 Å². The molecule has 1 rings (SSSR count). The van der Waals surface area contributed by atoms with Crippen molar-refractivity contribution in [1.29, 1.82) is 0 Å². The van der Waals surface area contributed by atoms with Crippen LogP contribution in [0.4, 0.5) is 0 Å². The highest BCUT2D eigenvalue weighted by atomic mass is 16.5. The Morgan fingerprint density at radius 1 is 1.54 bits per heavy atom. The second-order valence-corrected chi connectivity index (χ2v) is 3.46. The standard InChI is InChI=1S/C9H16N2O2/c1-5(2)9-6(3)8(11-13-9)7(12)4-10/h5,7,12H,4,10H2,1-3H3. The van der Waals surface area contributed by atoms with Crippen molar-refractivity contribution in [2.45, 2.75) is 32.8 Å². The third-order valence-corrected chi connectivity index (χ3v) is 2.06. The molecule has 0 aliphatic rings. The van der Waals surface area contributed by atoms with E-state index in [4.69, 9.17) is 10.3 Å². The van der Waals surface area contributed by atoms with E-state index in [0.29, 0.717) is 5.69 Å². The average Bonchev–Trinajstić information content (AvgIpc) is 2.46. The smallest absolute Gasteiger partial charge is 0.142 e. The minimum Gasteiger partial charge on any atom is -0.385 e. The monoisotopic (exact) mass is 184 g/mol. The zero-order valence-corrected chi connectivity index (χ0v) is 8.24. The van der Waals surface area contributed by atoms with Gasteiger partial charge in [0.15, 0.2) is 0 Å². The summed E-state index contributed by atoms with van der Waals surface area (Å²) in [4.78, 5) is 0. The Balaban J connectivity index is 2.99. The highest BCUT2D eigenvalue weighted by Crippen LogP contribution is 2.24. The van der Waals surface area contributed by atoms with Crippen molar-refractivity contribution in [1.82, 2.24) is 5.16 Å². The number of rotatable bonds is 3. The van der Waals surface area contributed by atoms with Crippen molar-refractivity contribution in [3.05, 3.63) is 17.0 Å². The molecule has 0 spiro atoms. The summed E-state index contributed by atoms with van der Waals surface area (Å²) in [7, 11) is 0. The third kappa shape index (κ3) is 1.89. The summed E-state index contributed by atoms with van der Waals surface area (Å²) in [6.45, 7) is 6.10. The molecule has 0 saturated heterocycles. The summed E-state index contributed by atoms with van der Waals surface area (Å²) >= 11 is 0. The van der Waals surface area contributed by atoms with Crippen LogP contribution >= 0.6 is 0 Å². The van der Waals surface area contributed by atoms with Crippen molar-refractivity contribution in [3.8, 4) is 0 Å². The normalized spacial score (nSPS) is 13.7. The van der Waals surface area contributed by atoms with Crippen LogP contribution in [0.3, 0.4) is 0 Å². The van der Waals surface area contributed by atoms with Gasteiger partial charge in [-0.25, -0.2) is 0 Å². The number of hydrogen-bond donors (Lipinski definition) is 2. The summed E-state index contributed by atoms with van der Waals surface area (Å²) < 4.78 is 5.11. The Kier molecular flexibility index (Phi) is 3.06. The summed E-state index contributed by atoms with van der Waals surface area (Å²) in [6.07, 6.45) is -0.712. The molecule has 0 amide bonds. The molecule has 0 aliphatic carbocycles. The van der Waals surface area contributed by atoms with Crippen molar-refractivity contribution in [2.24, 2.45) is 5.73 Å². The predicted molar refractivity (Wildman–Crippen MR) is 49.3 cm³/mol. The molecule has 1 aromatic rings. The first-order valence-electron chi connectivity index (χ1n) is 4.42. The van der Waals surface area contributed by atoms with Gasteiger partial charge in [0.05, 0.1) is 0 Å². The molecule has 0 saturated carbocycles. The van der Waals surface area contributed by atoms with Crippen molar-refractivity contribution in [2.75, 3.05) is 6.54 Å². The molecular weight excluding hydrogens is 168 g/mol. The third-order valence-electron chi connectivity index (χ3n) is 2.06. The van der Waals surface area contributed by atoms with Gasteiger partial charge in [-0.2, -0.15) is 0 Å². The predicted octanol–water partition coefficient (Wildman–Crippen LogP) is 1.10. The van der Waals surface area contributed by atoms with Crippen LogP contribution in [-0.4, -0.2) is 16.8 Å². The number of nitrogens with two attached hydrogens (primary N) is 1. The fourth-order valence-electron chi connectivity index (χ4n) is 1.32. The maximum Gasteiger partial charge on any atom is 0.142 e. The molecular formula is C9H16N2O2. The maximum atomic E-state index is 9.46. The summed E-state index contributed by atoms with van der Waals surface area (Å²) in [5.41, 5.74) is 6.80. The van der Waals surface area contributed by atoms with Crippen molar-refractivity contribution in [3.63, 3.8) is 0 Å². The fraction of sp³-hybridized carbons (Fsp3) is 0.667.